The molecule has 2 heterocycles. The molecule has 32 heavy (non-hydrogen) atoms. The van der Waals surface area contributed by atoms with Gasteiger partial charge in [0.25, 0.3) is 11.8 Å². The number of para-hydroxylation sites is 1. The zero-order valence-corrected chi connectivity index (χ0v) is 17.9. The number of hydrogen-bond donors (Lipinski definition) is 2. The highest BCUT2D eigenvalue weighted by atomic mass is 16.5. The molecule has 2 amide bonds. The van der Waals surface area contributed by atoms with Gasteiger partial charge in [-0.2, -0.15) is 0 Å². The lowest BCUT2D eigenvalue weighted by molar-refractivity contribution is -0.118. The van der Waals surface area contributed by atoms with Crippen LogP contribution in [0.5, 0.6) is 5.75 Å². The zero-order chi connectivity index (χ0) is 22.5. The number of furan rings is 1. The molecule has 0 radical (unpaired) electrons. The van der Waals surface area contributed by atoms with Crippen LogP contribution < -0.4 is 15.4 Å². The monoisotopic (exact) mass is 428 g/mol. The molecular weight excluding hydrogens is 404 g/mol. The van der Waals surface area contributed by atoms with Crippen molar-refractivity contribution >= 4 is 17.9 Å². The second kappa shape index (κ2) is 9.39. The van der Waals surface area contributed by atoms with Crippen molar-refractivity contribution in [2.24, 2.45) is 0 Å². The van der Waals surface area contributed by atoms with Crippen LogP contribution in [0.15, 0.2) is 88.7 Å². The average Bonchev–Trinajstić information content (AvgIpc) is 3.31. The summed E-state index contributed by atoms with van der Waals surface area (Å²) in [6.45, 7) is 4.06. The second-order valence-electron chi connectivity index (χ2n) is 7.58. The summed E-state index contributed by atoms with van der Waals surface area (Å²) >= 11 is 0. The zero-order valence-electron chi connectivity index (χ0n) is 17.9. The van der Waals surface area contributed by atoms with Gasteiger partial charge in [0.15, 0.2) is 0 Å². The number of benzene rings is 2. The van der Waals surface area contributed by atoms with E-state index in [1.54, 1.807) is 36.6 Å². The molecule has 2 aromatic carbocycles. The molecule has 0 spiro atoms. The minimum absolute atomic E-state index is 0.128. The van der Waals surface area contributed by atoms with E-state index in [4.69, 9.17) is 9.15 Å². The Morgan fingerprint density at radius 1 is 1.03 bits per heavy atom. The van der Waals surface area contributed by atoms with Crippen LogP contribution in [-0.2, 0) is 11.3 Å². The summed E-state index contributed by atoms with van der Waals surface area (Å²) < 4.78 is 11.3. The lowest BCUT2D eigenvalue weighted by Gasteiger charge is -2.23. The van der Waals surface area contributed by atoms with Crippen LogP contribution in [0.1, 0.15) is 34.2 Å². The Hall–Kier alpha value is -4.06. The lowest BCUT2D eigenvalue weighted by atomic mass is 10.0. The van der Waals surface area contributed by atoms with E-state index in [9.17, 15) is 9.59 Å². The third kappa shape index (κ3) is 4.98. The SMILES string of the molecule is Cc1ccc(C(=O)N/C(=C\C2=Cc3ccccc3OC2C)C(=O)NCc2ccco2)cc1. The fourth-order valence-electron chi connectivity index (χ4n) is 3.32. The first-order valence-electron chi connectivity index (χ1n) is 10.4. The first kappa shape index (κ1) is 21.2. The molecule has 6 heteroatoms. The van der Waals surface area contributed by atoms with Crippen LogP contribution in [0.4, 0.5) is 0 Å². The van der Waals surface area contributed by atoms with Crippen molar-refractivity contribution in [1.29, 1.82) is 0 Å². The summed E-state index contributed by atoms with van der Waals surface area (Å²) in [7, 11) is 0. The molecule has 1 aliphatic rings. The third-order valence-corrected chi connectivity index (χ3v) is 5.14. The molecule has 0 aliphatic carbocycles. The van der Waals surface area contributed by atoms with Gasteiger partial charge in [-0.05, 0) is 61.9 Å². The maximum absolute atomic E-state index is 13.0. The van der Waals surface area contributed by atoms with Gasteiger partial charge in [0, 0.05) is 11.1 Å². The number of fused-ring (bicyclic) bond motifs is 1. The van der Waals surface area contributed by atoms with Gasteiger partial charge in [-0.25, -0.2) is 0 Å². The van der Waals surface area contributed by atoms with Gasteiger partial charge in [-0.15, -0.1) is 0 Å². The van der Waals surface area contributed by atoms with Gasteiger partial charge in [0.05, 0.1) is 12.8 Å². The highest BCUT2D eigenvalue weighted by molar-refractivity contribution is 6.03. The first-order chi connectivity index (χ1) is 15.5. The van der Waals surface area contributed by atoms with Gasteiger partial charge >= 0.3 is 0 Å². The van der Waals surface area contributed by atoms with Gasteiger partial charge in [0.2, 0.25) is 0 Å². The predicted octanol–water partition coefficient (Wildman–Crippen LogP) is 4.38. The summed E-state index contributed by atoms with van der Waals surface area (Å²) in [5.74, 6) is 0.610. The largest absolute Gasteiger partial charge is 0.485 e. The van der Waals surface area contributed by atoms with Gasteiger partial charge in [-0.3, -0.25) is 9.59 Å². The molecule has 0 bridgehead atoms. The smallest absolute Gasteiger partial charge is 0.268 e. The number of hydrogen-bond acceptors (Lipinski definition) is 4. The van der Waals surface area contributed by atoms with Gasteiger partial charge in [0.1, 0.15) is 23.3 Å². The Bertz CT molecular complexity index is 1170. The number of nitrogens with one attached hydrogen (secondary N) is 2. The number of amides is 2. The number of carbonyl (C=O) groups is 2. The van der Waals surface area contributed by atoms with E-state index >= 15 is 0 Å². The lowest BCUT2D eigenvalue weighted by Crippen LogP contribution is -2.35. The fraction of sp³-hybridized carbons (Fsp3) is 0.154. The van der Waals surface area contributed by atoms with Crippen molar-refractivity contribution in [3.8, 4) is 5.75 Å². The average molecular weight is 428 g/mol. The van der Waals surface area contributed by atoms with Gasteiger partial charge in [-0.1, -0.05) is 35.9 Å². The molecule has 6 nitrogen and oxygen atoms in total. The van der Waals surface area contributed by atoms with Crippen LogP contribution in [-0.4, -0.2) is 17.9 Å². The molecule has 0 fully saturated rings. The van der Waals surface area contributed by atoms with Crippen molar-refractivity contribution in [2.75, 3.05) is 0 Å². The van der Waals surface area contributed by atoms with Crippen molar-refractivity contribution in [2.45, 2.75) is 26.5 Å². The molecule has 1 unspecified atom stereocenters. The fourth-order valence-corrected chi connectivity index (χ4v) is 3.32. The molecule has 1 aromatic heterocycles. The Morgan fingerprint density at radius 3 is 2.56 bits per heavy atom. The van der Waals surface area contributed by atoms with Crippen molar-refractivity contribution in [3.05, 3.63) is 107 Å². The van der Waals surface area contributed by atoms with E-state index in [-0.39, 0.29) is 24.3 Å². The minimum Gasteiger partial charge on any atom is -0.485 e. The van der Waals surface area contributed by atoms with Gasteiger partial charge < -0.3 is 19.8 Å². The van der Waals surface area contributed by atoms with E-state index in [0.29, 0.717) is 11.3 Å². The number of carbonyl (C=O) groups excluding carboxylic acids is 2. The number of rotatable bonds is 6. The summed E-state index contributed by atoms with van der Waals surface area (Å²) in [5.41, 5.74) is 3.33. The Kier molecular flexibility index (Phi) is 6.22. The van der Waals surface area contributed by atoms with Crippen molar-refractivity contribution in [1.82, 2.24) is 10.6 Å². The predicted molar refractivity (Wildman–Crippen MR) is 122 cm³/mol. The first-order valence-corrected chi connectivity index (χ1v) is 10.4. The number of aryl methyl sites for hydroxylation is 1. The van der Waals surface area contributed by atoms with E-state index in [1.165, 1.54) is 0 Å². The van der Waals surface area contributed by atoms with Crippen LogP contribution in [0.2, 0.25) is 0 Å². The van der Waals surface area contributed by atoms with Crippen LogP contribution in [0, 0.1) is 6.92 Å². The van der Waals surface area contributed by atoms with Crippen molar-refractivity contribution < 1.29 is 18.7 Å². The highest BCUT2D eigenvalue weighted by Crippen LogP contribution is 2.30. The summed E-state index contributed by atoms with van der Waals surface area (Å²) in [6, 6.07) is 18.4. The molecule has 3 aromatic rings. The summed E-state index contributed by atoms with van der Waals surface area (Å²) in [5, 5.41) is 5.55. The Labute approximate surface area is 186 Å². The Morgan fingerprint density at radius 2 is 1.81 bits per heavy atom. The molecule has 0 saturated carbocycles. The second-order valence-corrected chi connectivity index (χ2v) is 7.58. The van der Waals surface area contributed by atoms with Crippen molar-refractivity contribution in [3.63, 3.8) is 0 Å². The van der Waals surface area contributed by atoms with E-state index < -0.39 is 5.91 Å². The highest BCUT2D eigenvalue weighted by Gasteiger charge is 2.21. The quantitative estimate of drug-likeness (QED) is 0.571. The minimum atomic E-state index is -0.422. The summed E-state index contributed by atoms with van der Waals surface area (Å²) in [4.78, 5) is 25.8. The molecule has 0 saturated heterocycles. The van der Waals surface area contributed by atoms with Crippen LogP contribution >= 0.6 is 0 Å². The van der Waals surface area contributed by atoms with E-state index in [2.05, 4.69) is 10.6 Å². The molecule has 1 aliphatic heterocycles. The maximum atomic E-state index is 13.0. The van der Waals surface area contributed by atoms with Crippen LogP contribution in [0.3, 0.4) is 0 Å². The molecule has 4 rings (SSSR count). The maximum Gasteiger partial charge on any atom is 0.268 e. The van der Waals surface area contributed by atoms with E-state index in [1.807, 2.05) is 56.3 Å². The molecule has 2 N–H and O–H groups in total. The molecular formula is C26H24N2O4. The molecule has 162 valence electrons. The third-order valence-electron chi connectivity index (χ3n) is 5.14. The van der Waals surface area contributed by atoms with Crippen LogP contribution in [0.25, 0.3) is 6.08 Å². The molecule has 1 atom stereocenters. The number of ether oxygens (including phenoxy) is 1. The Balaban J connectivity index is 1.61. The summed E-state index contributed by atoms with van der Waals surface area (Å²) in [6.07, 6.45) is 4.88. The normalized spacial score (nSPS) is 15.2. The van der Waals surface area contributed by atoms with E-state index in [0.717, 1.165) is 22.4 Å². The topological polar surface area (TPSA) is 80.6 Å². The standard InChI is InChI=1S/C26H24N2O4/c1-17-9-11-19(12-10-17)25(29)28-23(26(30)27-16-22-7-5-13-31-22)15-21-14-20-6-3-4-8-24(20)32-18(21)2/h3-15,18H,16H2,1-2H3,(H,27,30)(H,28,29)/b23-15-.